The maximum atomic E-state index is 13.3. The number of hydrogen-bond donors (Lipinski definition) is 2. The molecular weight excluding hydrogens is 271 g/mol. The van der Waals surface area contributed by atoms with Crippen LogP contribution in [0.3, 0.4) is 0 Å². The zero-order valence-electron chi connectivity index (χ0n) is 11.7. The lowest BCUT2D eigenvalue weighted by Crippen LogP contribution is -2.21. The number of hydrogen-bond acceptors (Lipinski definition) is 3. The van der Waals surface area contributed by atoms with Crippen molar-refractivity contribution in [3.8, 4) is 5.75 Å². The normalized spacial score (nSPS) is 11.8. The van der Waals surface area contributed by atoms with Crippen molar-refractivity contribution < 1.29 is 13.9 Å². The van der Waals surface area contributed by atoms with E-state index in [1.807, 2.05) is 18.2 Å². The van der Waals surface area contributed by atoms with Crippen LogP contribution >= 0.6 is 0 Å². The molecule has 0 heterocycles. The fourth-order valence-corrected chi connectivity index (χ4v) is 1.87. The highest BCUT2D eigenvalue weighted by atomic mass is 19.1. The van der Waals surface area contributed by atoms with Gasteiger partial charge >= 0.3 is 0 Å². The Hall–Kier alpha value is -2.40. The van der Waals surface area contributed by atoms with Gasteiger partial charge in [-0.15, -0.1) is 0 Å². The molecule has 1 amide bonds. The average molecular weight is 288 g/mol. The Kier molecular flexibility index (Phi) is 4.90. The molecule has 0 saturated heterocycles. The number of amides is 1. The number of carbonyl (C=O) groups excluding carboxylic acids is 1. The van der Waals surface area contributed by atoms with Crippen LogP contribution in [0.2, 0.25) is 0 Å². The van der Waals surface area contributed by atoms with E-state index < -0.39 is 5.82 Å². The smallest absolute Gasteiger partial charge is 0.262 e. The van der Waals surface area contributed by atoms with Gasteiger partial charge in [-0.2, -0.15) is 0 Å². The summed E-state index contributed by atoms with van der Waals surface area (Å²) in [5.74, 6) is -0.466. The van der Waals surface area contributed by atoms with E-state index in [4.69, 9.17) is 10.5 Å². The van der Waals surface area contributed by atoms with Gasteiger partial charge in [-0.1, -0.05) is 24.3 Å². The number of carbonyl (C=O) groups is 1. The molecule has 0 saturated carbocycles. The zero-order valence-corrected chi connectivity index (χ0v) is 11.7. The highest BCUT2D eigenvalue weighted by molar-refractivity contribution is 5.91. The van der Waals surface area contributed by atoms with Crippen molar-refractivity contribution in [2.24, 2.45) is 5.73 Å². The molecule has 0 bridgehead atoms. The molecule has 0 spiro atoms. The quantitative estimate of drug-likeness (QED) is 0.889. The van der Waals surface area contributed by atoms with Crippen LogP contribution in [-0.2, 0) is 4.79 Å². The molecule has 2 aromatic carbocycles. The minimum absolute atomic E-state index is 0.210. The zero-order chi connectivity index (χ0) is 15.2. The summed E-state index contributed by atoms with van der Waals surface area (Å²) in [6, 6.07) is 12.8. The van der Waals surface area contributed by atoms with Crippen molar-refractivity contribution in [2.75, 3.05) is 11.9 Å². The minimum atomic E-state index is -0.433. The standard InChI is InChI=1S/C16H17FN2O2/c1-11(18)14-8-7-12(17)9-15(14)21-10-16(20)19-13-5-3-2-4-6-13/h2-9,11H,10,18H2,1H3,(H,19,20). The SMILES string of the molecule is CC(N)c1ccc(F)cc1OCC(=O)Nc1ccccc1. The molecule has 0 aromatic heterocycles. The van der Waals surface area contributed by atoms with E-state index >= 15 is 0 Å². The van der Waals surface area contributed by atoms with Crippen LogP contribution in [0.1, 0.15) is 18.5 Å². The van der Waals surface area contributed by atoms with Gasteiger partial charge in [-0.3, -0.25) is 4.79 Å². The van der Waals surface area contributed by atoms with Crippen LogP contribution < -0.4 is 15.8 Å². The van der Waals surface area contributed by atoms with Crippen molar-refractivity contribution >= 4 is 11.6 Å². The van der Waals surface area contributed by atoms with Gasteiger partial charge in [0.2, 0.25) is 0 Å². The van der Waals surface area contributed by atoms with Crippen LogP contribution in [0.5, 0.6) is 5.75 Å². The van der Waals surface area contributed by atoms with Crippen LogP contribution in [0, 0.1) is 5.82 Å². The molecule has 0 aliphatic heterocycles. The number of nitrogens with one attached hydrogen (secondary N) is 1. The fourth-order valence-electron chi connectivity index (χ4n) is 1.87. The molecule has 0 radical (unpaired) electrons. The summed E-state index contributed by atoms with van der Waals surface area (Å²) in [4.78, 5) is 11.8. The minimum Gasteiger partial charge on any atom is -0.483 e. The Bertz CT molecular complexity index is 615. The maximum Gasteiger partial charge on any atom is 0.262 e. The number of para-hydroxylation sites is 1. The number of rotatable bonds is 5. The van der Waals surface area contributed by atoms with Gasteiger partial charge in [0, 0.05) is 23.4 Å². The number of benzene rings is 2. The summed E-state index contributed by atoms with van der Waals surface area (Å²) in [5, 5.41) is 2.69. The van der Waals surface area contributed by atoms with Crippen LogP contribution in [0.25, 0.3) is 0 Å². The molecule has 21 heavy (non-hydrogen) atoms. The van der Waals surface area contributed by atoms with Crippen molar-refractivity contribution in [3.63, 3.8) is 0 Å². The van der Waals surface area contributed by atoms with Crippen LogP contribution in [0.15, 0.2) is 48.5 Å². The topological polar surface area (TPSA) is 64.3 Å². The fraction of sp³-hybridized carbons (Fsp3) is 0.188. The van der Waals surface area contributed by atoms with E-state index in [9.17, 15) is 9.18 Å². The van der Waals surface area contributed by atoms with E-state index in [1.165, 1.54) is 12.1 Å². The largest absolute Gasteiger partial charge is 0.483 e. The molecule has 2 rings (SSSR count). The van der Waals surface area contributed by atoms with Crippen LogP contribution in [-0.4, -0.2) is 12.5 Å². The van der Waals surface area contributed by atoms with Gasteiger partial charge in [0.05, 0.1) is 0 Å². The summed E-state index contributed by atoms with van der Waals surface area (Å²) < 4.78 is 18.6. The van der Waals surface area contributed by atoms with E-state index in [1.54, 1.807) is 25.1 Å². The van der Waals surface area contributed by atoms with E-state index in [0.717, 1.165) is 0 Å². The van der Waals surface area contributed by atoms with Crippen molar-refractivity contribution in [3.05, 3.63) is 59.9 Å². The second-order valence-electron chi connectivity index (χ2n) is 4.67. The number of anilines is 1. The summed E-state index contributed by atoms with van der Waals surface area (Å²) >= 11 is 0. The van der Waals surface area contributed by atoms with Crippen molar-refractivity contribution in [2.45, 2.75) is 13.0 Å². The molecule has 0 aliphatic carbocycles. The van der Waals surface area contributed by atoms with Gasteiger partial charge < -0.3 is 15.8 Å². The molecular formula is C16H17FN2O2. The monoisotopic (exact) mass is 288 g/mol. The van der Waals surface area contributed by atoms with E-state index in [2.05, 4.69) is 5.32 Å². The predicted molar refractivity (Wildman–Crippen MR) is 79.6 cm³/mol. The molecule has 1 unspecified atom stereocenters. The van der Waals surface area contributed by atoms with E-state index in [0.29, 0.717) is 11.3 Å². The third-order valence-electron chi connectivity index (χ3n) is 2.88. The highest BCUT2D eigenvalue weighted by Gasteiger charge is 2.11. The predicted octanol–water partition coefficient (Wildman–Crippen LogP) is 2.86. The van der Waals surface area contributed by atoms with Gasteiger partial charge in [0.15, 0.2) is 6.61 Å². The first-order valence-corrected chi connectivity index (χ1v) is 6.59. The first-order valence-electron chi connectivity index (χ1n) is 6.59. The molecule has 3 N–H and O–H groups in total. The molecule has 1 atom stereocenters. The second kappa shape index (κ2) is 6.85. The van der Waals surface area contributed by atoms with Crippen molar-refractivity contribution in [1.82, 2.24) is 0 Å². The number of halogens is 1. The third-order valence-corrected chi connectivity index (χ3v) is 2.88. The summed E-state index contributed by atoms with van der Waals surface area (Å²) in [5.41, 5.74) is 7.13. The van der Waals surface area contributed by atoms with E-state index in [-0.39, 0.29) is 24.3 Å². The number of nitrogens with two attached hydrogens (primary N) is 1. The second-order valence-corrected chi connectivity index (χ2v) is 4.67. The first kappa shape index (κ1) is 15.0. The Labute approximate surface area is 122 Å². The maximum absolute atomic E-state index is 13.3. The molecule has 2 aromatic rings. The van der Waals surface area contributed by atoms with Gasteiger partial charge in [0.25, 0.3) is 5.91 Å². The summed E-state index contributed by atoms with van der Waals surface area (Å²) in [6.07, 6.45) is 0. The molecule has 4 nitrogen and oxygen atoms in total. The Morgan fingerprint density at radius 2 is 2.00 bits per heavy atom. The number of ether oxygens (including phenoxy) is 1. The van der Waals surface area contributed by atoms with Gasteiger partial charge in [-0.25, -0.2) is 4.39 Å². The van der Waals surface area contributed by atoms with Gasteiger partial charge in [0.1, 0.15) is 11.6 Å². The summed E-state index contributed by atoms with van der Waals surface area (Å²) in [7, 11) is 0. The average Bonchev–Trinajstić information content (AvgIpc) is 2.46. The Morgan fingerprint density at radius 1 is 1.29 bits per heavy atom. The highest BCUT2D eigenvalue weighted by Crippen LogP contribution is 2.24. The van der Waals surface area contributed by atoms with Crippen molar-refractivity contribution in [1.29, 1.82) is 0 Å². The Balaban J connectivity index is 1.99. The van der Waals surface area contributed by atoms with Gasteiger partial charge in [-0.05, 0) is 25.1 Å². The lowest BCUT2D eigenvalue weighted by Gasteiger charge is -2.14. The molecule has 0 aliphatic rings. The molecule has 110 valence electrons. The molecule has 5 heteroatoms. The lowest BCUT2D eigenvalue weighted by atomic mass is 10.1. The lowest BCUT2D eigenvalue weighted by molar-refractivity contribution is -0.118. The van der Waals surface area contributed by atoms with Crippen LogP contribution in [0.4, 0.5) is 10.1 Å². The first-order chi connectivity index (χ1) is 10.1. The Morgan fingerprint density at radius 3 is 2.67 bits per heavy atom. The summed E-state index contributed by atoms with van der Waals surface area (Å²) in [6.45, 7) is 1.56. The molecule has 0 fully saturated rings. The third kappa shape index (κ3) is 4.29.